The highest BCUT2D eigenvalue weighted by molar-refractivity contribution is 4.80. The molecule has 0 aromatic rings. The number of morpholine rings is 1. The molecule has 2 fully saturated rings. The van der Waals surface area contributed by atoms with Gasteiger partial charge in [0.05, 0.1) is 18.8 Å². The zero-order chi connectivity index (χ0) is 18.4. The lowest BCUT2D eigenvalue weighted by atomic mass is 9.91. The second-order valence-corrected chi connectivity index (χ2v) is 8.60. The Hall–Kier alpha value is -0.200. The fourth-order valence-corrected chi connectivity index (χ4v) is 4.19. The first-order valence-corrected chi connectivity index (χ1v) is 10.3. The lowest BCUT2D eigenvalue weighted by molar-refractivity contribution is -0.0501. The van der Waals surface area contributed by atoms with Gasteiger partial charge in [0.25, 0.3) is 0 Å². The normalized spacial score (nSPS) is 27.1. The Morgan fingerprint density at radius 2 is 1.76 bits per heavy atom. The van der Waals surface area contributed by atoms with Gasteiger partial charge in [-0.05, 0) is 79.6 Å². The van der Waals surface area contributed by atoms with Crippen molar-refractivity contribution in [3.8, 4) is 0 Å². The smallest absolute Gasteiger partial charge is 0.0829 e. The van der Waals surface area contributed by atoms with E-state index in [4.69, 9.17) is 4.74 Å². The summed E-state index contributed by atoms with van der Waals surface area (Å²) in [5.74, 6) is 0.499. The van der Waals surface area contributed by atoms with Gasteiger partial charge in [-0.1, -0.05) is 0 Å². The minimum Gasteiger partial charge on any atom is -0.393 e. The van der Waals surface area contributed by atoms with Gasteiger partial charge in [-0.3, -0.25) is 4.90 Å². The number of nitrogens with zero attached hydrogens (tertiary/aromatic N) is 3. The number of aliphatic hydroxyl groups is 1. The average Bonchev–Trinajstić information content (AvgIpc) is 2.60. The predicted molar refractivity (Wildman–Crippen MR) is 104 cm³/mol. The Morgan fingerprint density at radius 1 is 1.08 bits per heavy atom. The Morgan fingerprint density at radius 3 is 2.36 bits per heavy atom. The summed E-state index contributed by atoms with van der Waals surface area (Å²) in [7, 11) is 2.23. The minimum absolute atomic E-state index is 0.149. The molecule has 2 unspecified atom stereocenters. The Kier molecular flexibility index (Phi) is 8.62. The summed E-state index contributed by atoms with van der Waals surface area (Å²) in [6.45, 7) is 16.3. The third kappa shape index (κ3) is 6.79. The fraction of sp³-hybridized carbons (Fsp3) is 1.00. The number of likely N-dealkylation sites (N-methyl/N-ethyl adjacent to an activating group) is 1. The molecule has 5 heteroatoms. The number of hydrogen-bond donors (Lipinski definition) is 1. The number of rotatable bonds is 8. The molecule has 2 aliphatic rings. The van der Waals surface area contributed by atoms with Gasteiger partial charge in [0.2, 0.25) is 0 Å². The van der Waals surface area contributed by atoms with Crippen molar-refractivity contribution in [2.75, 3.05) is 52.9 Å². The third-order valence-corrected chi connectivity index (χ3v) is 6.22. The second kappa shape index (κ2) is 10.2. The third-order valence-electron chi connectivity index (χ3n) is 6.22. The van der Waals surface area contributed by atoms with Gasteiger partial charge in [0.1, 0.15) is 0 Å². The predicted octanol–water partition coefficient (Wildman–Crippen LogP) is 1.90. The Bertz CT molecular complexity index is 370. The van der Waals surface area contributed by atoms with Crippen LogP contribution in [0, 0.1) is 5.92 Å². The van der Waals surface area contributed by atoms with Crippen molar-refractivity contribution >= 4 is 0 Å². The molecule has 0 aromatic carbocycles. The Labute approximate surface area is 155 Å². The lowest BCUT2D eigenvalue weighted by Crippen LogP contribution is -2.49. The number of likely N-dealkylation sites (tertiary alicyclic amines) is 1. The molecule has 0 aromatic heterocycles. The molecule has 2 heterocycles. The first-order chi connectivity index (χ1) is 11.9. The fourth-order valence-electron chi connectivity index (χ4n) is 4.19. The van der Waals surface area contributed by atoms with Crippen LogP contribution in [0.25, 0.3) is 0 Å². The van der Waals surface area contributed by atoms with E-state index in [1.165, 1.54) is 6.42 Å². The highest BCUT2D eigenvalue weighted by atomic mass is 16.5. The number of aliphatic hydroxyl groups excluding tert-OH is 1. The highest BCUT2D eigenvalue weighted by Gasteiger charge is 2.26. The van der Waals surface area contributed by atoms with Gasteiger partial charge in [-0.15, -0.1) is 0 Å². The van der Waals surface area contributed by atoms with E-state index in [9.17, 15) is 5.11 Å². The monoisotopic (exact) mass is 355 g/mol. The molecule has 25 heavy (non-hydrogen) atoms. The molecule has 2 aliphatic heterocycles. The van der Waals surface area contributed by atoms with E-state index in [1.54, 1.807) is 0 Å². The van der Waals surface area contributed by atoms with E-state index < -0.39 is 0 Å². The van der Waals surface area contributed by atoms with Crippen LogP contribution in [0.15, 0.2) is 0 Å². The van der Waals surface area contributed by atoms with Crippen LogP contribution >= 0.6 is 0 Å². The second-order valence-electron chi connectivity index (χ2n) is 8.60. The van der Waals surface area contributed by atoms with Crippen molar-refractivity contribution in [2.24, 2.45) is 5.92 Å². The topological polar surface area (TPSA) is 39.2 Å². The van der Waals surface area contributed by atoms with Gasteiger partial charge in [0.15, 0.2) is 0 Å². The van der Waals surface area contributed by atoms with Crippen molar-refractivity contribution in [3.05, 3.63) is 0 Å². The van der Waals surface area contributed by atoms with E-state index in [2.05, 4.69) is 42.5 Å². The molecular weight excluding hydrogens is 314 g/mol. The molecule has 5 nitrogen and oxygen atoms in total. The first kappa shape index (κ1) is 21.1. The molecule has 0 aliphatic carbocycles. The van der Waals surface area contributed by atoms with Crippen LogP contribution in [0.5, 0.6) is 0 Å². The lowest BCUT2D eigenvalue weighted by Gasteiger charge is -2.38. The van der Waals surface area contributed by atoms with Crippen LogP contribution in [-0.2, 0) is 4.74 Å². The van der Waals surface area contributed by atoms with Crippen LogP contribution in [0.2, 0.25) is 0 Å². The molecule has 0 radical (unpaired) electrons. The molecule has 0 bridgehead atoms. The van der Waals surface area contributed by atoms with Crippen molar-refractivity contribution in [3.63, 3.8) is 0 Å². The zero-order valence-electron chi connectivity index (χ0n) is 17.2. The van der Waals surface area contributed by atoms with Crippen LogP contribution in [0.1, 0.15) is 47.0 Å². The summed E-state index contributed by atoms with van der Waals surface area (Å²) >= 11 is 0. The summed E-state index contributed by atoms with van der Waals surface area (Å²) in [6.07, 6.45) is 3.68. The van der Waals surface area contributed by atoms with Crippen LogP contribution in [-0.4, -0.2) is 97.0 Å². The van der Waals surface area contributed by atoms with Gasteiger partial charge in [0, 0.05) is 31.7 Å². The van der Waals surface area contributed by atoms with E-state index in [1.807, 2.05) is 6.92 Å². The van der Waals surface area contributed by atoms with Crippen molar-refractivity contribution in [1.82, 2.24) is 14.7 Å². The molecule has 2 saturated heterocycles. The molecule has 1 N–H and O–H groups in total. The Balaban J connectivity index is 1.65. The van der Waals surface area contributed by atoms with E-state index >= 15 is 0 Å². The van der Waals surface area contributed by atoms with Crippen molar-refractivity contribution < 1.29 is 9.84 Å². The molecule has 0 spiro atoms. The maximum absolute atomic E-state index is 9.75. The minimum atomic E-state index is -0.149. The average molecular weight is 356 g/mol. The van der Waals surface area contributed by atoms with Gasteiger partial charge >= 0.3 is 0 Å². The van der Waals surface area contributed by atoms with Gasteiger partial charge in [-0.2, -0.15) is 0 Å². The molecule has 3 atom stereocenters. The maximum atomic E-state index is 9.75. The number of piperidine rings is 1. The van der Waals surface area contributed by atoms with Crippen LogP contribution in [0.4, 0.5) is 0 Å². The van der Waals surface area contributed by atoms with Crippen LogP contribution in [0.3, 0.4) is 0 Å². The number of hydrogen-bond acceptors (Lipinski definition) is 5. The quantitative estimate of drug-likeness (QED) is 0.720. The maximum Gasteiger partial charge on any atom is 0.0829 e. The summed E-state index contributed by atoms with van der Waals surface area (Å²) < 4.78 is 5.97. The van der Waals surface area contributed by atoms with Gasteiger partial charge in [-0.25, -0.2) is 0 Å². The van der Waals surface area contributed by atoms with E-state index in [0.29, 0.717) is 24.1 Å². The molecule has 2 rings (SSSR count). The van der Waals surface area contributed by atoms with Crippen LogP contribution < -0.4 is 0 Å². The van der Waals surface area contributed by atoms with Crippen molar-refractivity contribution in [2.45, 2.75) is 71.2 Å². The molecule has 0 amide bonds. The zero-order valence-corrected chi connectivity index (χ0v) is 17.2. The van der Waals surface area contributed by atoms with Gasteiger partial charge < -0.3 is 19.6 Å². The summed E-state index contributed by atoms with van der Waals surface area (Å²) in [5.41, 5.74) is 0. The first-order valence-electron chi connectivity index (χ1n) is 10.3. The SMILES string of the molecule is CC(C)N1CCOC(CN(C)CCC(C)N2CCC([C@@H](C)O)CC2)C1. The summed E-state index contributed by atoms with van der Waals surface area (Å²) in [5, 5.41) is 9.75. The molecular formula is C20H41N3O2. The summed E-state index contributed by atoms with van der Waals surface area (Å²) in [4.78, 5) is 7.56. The number of ether oxygens (including phenoxy) is 1. The van der Waals surface area contributed by atoms with E-state index in [0.717, 1.165) is 58.7 Å². The standard InChI is InChI=1S/C20H41N3O2/c1-16(2)23-12-13-25-20(15-23)14-21(5)9-6-17(3)22-10-7-19(8-11-22)18(4)24/h16-20,24H,6-15H2,1-5H3/t17?,18-,20?/m1/s1. The largest absolute Gasteiger partial charge is 0.393 e. The van der Waals surface area contributed by atoms with Crippen molar-refractivity contribution in [1.29, 1.82) is 0 Å². The van der Waals surface area contributed by atoms with E-state index in [-0.39, 0.29) is 6.10 Å². The molecule has 148 valence electrons. The highest BCUT2D eigenvalue weighted by Crippen LogP contribution is 2.22. The molecule has 0 saturated carbocycles. The summed E-state index contributed by atoms with van der Waals surface area (Å²) in [6, 6.07) is 1.23.